The fourth-order valence-electron chi connectivity index (χ4n) is 3.06. The van der Waals surface area contributed by atoms with Crippen LogP contribution in [-0.4, -0.2) is 23.1 Å². The van der Waals surface area contributed by atoms with Crippen LogP contribution < -0.4 is 10.6 Å². The summed E-state index contributed by atoms with van der Waals surface area (Å²) >= 11 is 0. The maximum absolute atomic E-state index is 5.93. The van der Waals surface area contributed by atoms with Crippen molar-refractivity contribution in [3.8, 4) is 0 Å². The van der Waals surface area contributed by atoms with E-state index in [9.17, 15) is 0 Å². The summed E-state index contributed by atoms with van der Waals surface area (Å²) in [6.45, 7) is 11.0. The van der Waals surface area contributed by atoms with Crippen LogP contribution in [0.5, 0.6) is 0 Å². The van der Waals surface area contributed by atoms with Gasteiger partial charge in [-0.15, -0.1) is 0 Å². The van der Waals surface area contributed by atoms with Gasteiger partial charge in [-0.2, -0.15) is 0 Å². The quantitative estimate of drug-likeness (QED) is 0.913. The second-order valence-electron chi connectivity index (χ2n) is 6.36. The minimum absolute atomic E-state index is 0.312. The third-order valence-corrected chi connectivity index (χ3v) is 4.91. The van der Waals surface area contributed by atoms with Crippen LogP contribution in [0.15, 0.2) is 6.07 Å². The molecule has 1 aromatic heterocycles. The van der Waals surface area contributed by atoms with Gasteiger partial charge in [0.05, 0.1) is 0 Å². The van der Waals surface area contributed by atoms with Gasteiger partial charge in [-0.05, 0) is 18.3 Å². The lowest BCUT2D eigenvalue weighted by atomic mass is 9.74. The first-order valence-electron chi connectivity index (χ1n) is 7.89. The predicted molar refractivity (Wildman–Crippen MR) is 85.0 cm³/mol. The number of nitrogens with zero attached hydrogens (tertiary/aromatic N) is 3. The average molecular weight is 276 g/mol. The molecule has 4 nitrogen and oxygen atoms in total. The first-order valence-corrected chi connectivity index (χ1v) is 7.89. The Morgan fingerprint density at radius 2 is 1.80 bits per heavy atom. The first kappa shape index (κ1) is 15.1. The monoisotopic (exact) mass is 276 g/mol. The summed E-state index contributed by atoms with van der Waals surface area (Å²) in [6.07, 6.45) is 5.06. The van der Waals surface area contributed by atoms with Gasteiger partial charge in [-0.25, -0.2) is 9.97 Å². The molecule has 1 aromatic rings. The summed E-state index contributed by atoms with van der Waals surface area (Å²) in [5, 5.41) is 0. The zero-order valence-corrected chi connectivity index (χ0v) is 13.3. The molecule has 0 radical (unpaired) electrons. The minimum atomic E-state index is 0.312. The Morgan fingerprint density at radius 3 is 2.30 bits per heavy atom. The molecule has 1 aliphatic heterocycles. The zero-order valence-electron chi connectivity index (χ0n) is 13.3. The molecule has 0 atom stereocenters. The third kappa shape index (κ3) is 3.05. The highest BCUT2D eigenvalue weighted by atomic mass is 15.2. The smallest absolute Gasteiger partial charge is 0.135 e. The van der Waals surface area contributed by atoms with Crippen molar-refractivity contribution in [2.24, 2.45) is 5.41 Å². The molecule has 112 valence electrons. The second kappa shape index (κ2) is 5.98. The SMILES string of the molecule is CCC1(CC)CCN(c2cc(N)nc(C(C)C)n2)CC1. The molecule has 1 saturated heterocycles. The van der Waals surface area contributed by atoms with E-state index in [0.717, 1.165) is 24.7 Å². The molecule has 2 heterocycles. The Hall–Kier alpha value is -1.32. The van der Waals surface area contributed by atoms with Crippen LogP contribution in [0.1, 0.15) is 65.1 Å². The van der Waals surface area contributed by atoms with Crippen LogP contribution in [0.4, 0.5) is 11.6 Å². The highest BCUT2D eigenvalue weighted by Gasteiger charge is 2.31. The van der Waals surface area contributed by atoms with Gasteiger partial charge in [0.1, 0.15) is 17.5 Å². The average Bonchev–Trinajstić information content (AvgIpc) is 2.46. The van der Waals surface area contributed by atoms with E-state index in [0.29, 0.717) is 17.2 Å². The fourth-order valence-corrected chi connectivity index (χ4v) is 3.06. The number of piperidine rings is 1. The molecular weight excluding hydrogens is 248 g/mol. The standard InChI is InChI=1S/C16H28N4/c1-5-16(6-2)7-9-20(10-8-16)14-11-13(17)18-15(19-14)12(3)4/h11-12H,5-10H2,1-4H3,(H2,17,18,19). The van der Waals surface area contributed by atoms with E-state index in [1.165, 1.54) is 25.7 Å². The molecular formula is C16H28N4. The number of rotatable bonds is 4. The Bertz CT molecular complexity index is 442. The van der Waals surface area contributed by atoms with E-state index in [-0.39, 0.29) is 0 Å². The van der Waals surface area contributed by atoms with Gasteiger partial charge in [-0.3, -0.25) is 0 Å². The van der Waals surface area contributed by atoms with Crippen molar-refractivity contribution >= 4 is 11.6 Å². The topological polar surface area (TPSA) is 55.0 Å². The van der Waals surface area contributed by atoms with E-state index in [1.807, 2.05) is 6.07 Å². The molecule has 0 unspecified atom stereocenters. The van der Waals surface area contributed by atoms with Crippen LogP contribution in [0.2, 0.25) is 0 Å². The number of anilines is 2. The predicted octanol–water partition coefficient (Wildman–Crippen LogP) is 3.59. The van der Waals surface area contributed by atoms with Gasteiger partial charge < -0.3 is 10.6 Å². The first-order chi connectivity index (χ1) is 9.49. The number of aromatic nitrogens is 2. The van der Waals surface area contributed by atoms with Gasteiger partial charge in [0.25, 0.3) is 0 Å². The van der Waals surface area contributed by atoms with Gasteiger partial charge >= 0.3 is 0 Å². The largest absolute Gasteiger partial charge is 0.384 e. The molecule has 2 N–H and O–H groups in total. The molecule has 4 heteroatoms. The second-order valence-corrected chi connectivity index (χ2v) is 6.36. The zero-order chi connectivity index (χ0) is 14.8. The summed E-state index contributed by atoms with van der Waals surface area (Å²) in [6, 6.07) is 1.91. The molecule has 2 rings (SSSR count). The van der Waals surface area contributed by atoms with Crippen LogP contribution >= 0.6 is 0 Å². The Kier molecular flexibility index (Phi) is 4.51. The van der Waals surface area contributed by atoms with Gasteiger partial charge in [0, 0.05) is 25.1 Å². The van der Waals surface area contributed by atoms with E-state index in [1.54, 1.807) is 0 Å². The highest BCUT2D eigenvalue weighted by molar-refractivity contribution is 5.47. The van der Waals surface area contributed by atoms with Gasteiger partial charge in [0.15, 0.2) is 0 Å². The number of hydrogen-bond donors (Lipinski definition) is 1. The van der Waals surface area contributed by atoms with Crippen molar-refractivity contribution in [2.75, 3.05) is 23.7 Å². The van der Waals surface area contributed by atoms with Crippen LogP contribution in [-0.2, 0) is 0 Å². The van der Waals surface area contributed by atoms with Crippen LogP contribution in [0.3, 0.4) is 0 Å². The molecule has 1 aliphatic rings. The lowest BCUT2D eigenvalue weighted by molar-refractivity contribution is 0.199. The Balaban J connectivity index is 2.14. The summed E-state index contributed by atoms with van der Waals surface area (Å²) in [5.74, 6) is 2.75. The maximum atomic E-state index is 5.93. The Morgan fingerprint density at radius 1 is 1.20 bits per heavy atom. The van der Waals surface area contributed by atoms with Crippen molar-refractivity contribution in [3.05, 3.63) is 11.9 Å². The maximum Gasteiger partial charge on any atom is 0.135 e. The van der Waals surface area contributed by atoms with Gasteiger partial charge in [0.2, 0.25) is 0 Å². The molecule has 0 amide bonds. The molecule has 0 bridgehead atoms. The summed E-state index contributed by atoms with van der Waals surface area (Å²) < 4.78 is 0. The van der Waals surface area contributed by atoms with Gasteiger partial charge in [-0.1, -0.05) is 40.5 Å². The lowest BCUT2D eigenvalue weighted by Gasteiger charge is -2.41. The molecule has 1 fully saturated rings. The Labute approximate surface area is 122 Å². The summed E-state index contributed by atoms with van der Waals surface area (Å²) in [7, 11) is 0. The summed E-state index contributed by atoms with van der Waals surface area (Å²) in [4.78, 5) is 11.4. The third-order valence-electron chi connectivity index (χ3n) is 4.91. The molecule has 0 aromatic carbocycles. The highest BCUT2D eigenvalue weighted by Crippen LogP contribution is 2.39. The minimum Gasteiger partial charge on any atom is -0.384 e. The van der Waals surface area contributed by atoms with Crippen molar-refractivity contribution in [3.63, 3.8) is 0 Å². The van der Waals surface area contributed by atoms with Crippen molar-refractivity contribution in [1.29, 1.82) is 0 Å². The number of hydrogen-bond acceptors (Lipinski definition) is 4. The molecule has 20 heavy (non-hydrogen) atoms. The van der Waals surface area contributed by atoms with Crippen molar-refractivity contribution in [2.45, 2.75) is 59.3 Å². The summed E-state index contributed by atoms with van der Waals surface area (Å²) in [5.41, 5.74) is 6.47. The molecule has 0 aliphatic carbocycles. The van der Waals surface area contributed by atoms with E-state index >= 15 is 0 Å². The van der Waals surface area contributed by atoms with E-state index in [4.69, 9.17) is 10.7 Å². The van der Waals surface area contributed by atoms with E-state index < -0.39 is 0 Å². The molecule has 0 saturated carbocycles. The normalized spacial score (nSPS) is 18.6. The fraction of sp³-hybridized carbons (Fsp3) is 0.750. The number of nitrogens with two attached hydrogens (primary N) is 1. The van der Waals surface area contributed by atoms with Crippen molar-refractivity contribution in [1.82, 2.24) is 9.97 Å². The molecule has 0 spiro atoms. The van der Waals surface area contributed by atoms with Crippen molar-refractivity contribution < 1.29 is 0 Å². The van der Waals surface area contributed by atoms with Crippen LogP contribution in [0.25, 0.3) is 0 Å². The number of nitrogen functional groups attached to an aromatic ring is 1. The van der Waals surface area contributed by atoms with E-state index in [2.05, 4.69) is 37.6 Å². The lowest BCUT2D eigenvalue weighted by Crippen LogP contribution is -2.40. The van der Waals surface area contributed by atoms with Crippen LogP contribution in [0, 0.1) is 5.41 Å².